The standard InChI is InChI=1S/C27H24N2O3S2/c1-12-7-9-14(10-8-12)29-25(30)20-16-11-17(21(20)26(29)31)22-19(16)18(15-6-4-3-5-13(15)2)23-24(33-22)28-27(32)34-23/h3-10,16-22H,11H2,1-2H3,(H,28,32)/t16-,17-,18-,19+,20-,21-,22-/m1/s1. The van der Waals surface area contributed by atoms with E-state index in [0.717, 1.165) is 21.9 Å². The van der Waals surface area contributed by atoms with Crippen molar-refractivity contribution < 1.29 is 9.59 Å². The highest BCUT2D eigenvalue weighted by Gasteiger charge is 2.69. The van der Waals surface area contributed by atoms with Gasteiger partial charge in [0.2, 0.25) is 11.8 Å². The molecule has 2 saturated carbocycles. The first-order valence-corrected chi connectivity index (χ1v) is 13.5. The Labute approximate surface area is 205 Å². The molecule has 2 aliphatic heterocycles. The zero-order valence-corrected chi connectivity index (χ0v) is 20.5. The summed E-state index contributed by atoms with van der Waals surface area (Å²) in [6.07, 6.45) is 0.915. The van der Waals surface area contributed by atoms with Gasteiger partial charge in [-0.2, -0.15) is 0 Å². The van der Waals surface area contributed by atoms with Gasteiger partial charge < -0.3 is 4.98 Å². The van der Waals surface area contributed by atoms with E-state index < -0.39 is 0 Å². The number of anilines is 1. The van der Waals surface area contributed by atoms with Crippen LogP contribution in [0.4, 0.5) is 5.69 Å². The predicted octanol–water partition coefficient (Wildman–Crippen LogP) is 4.73. The van der Waals surface area contributed by atoms with Crippen LogP contribution < -0.4 is 9.77 Å². The van der Waals surface area contributed by atoms with Gasteiger partial charge in [0.1, 0.15) is 0 Å². The Balaban J connectivity index is 1.34. The van der Waals surface area contributed by atoms with Gasteiger partial charge in [-0.15, -0.1) is 11.8 Å². The molecule has 2 amide bonds. The topological polar surface area (TPSA) is 70.2 Å². The normalized spacial score (nSPS) is 33.2. The third-order valence-corrected chi connectivity index (χ3v) is 11.1. The lowest BCUT2D eigenvalue weighted by Crippen LogP contribution is -2.42. The summed E-state index contributed by atoms with van der Waals surface area (Å²) in [7, 11) is 0. The van der Waals surface area contributed by atoms with Gasteiger partial charge in [-0.1, -0.05) is 53.3 Å². The molecule has 34 heavy (non-hydrogen) atoms. The van der Waals surface area contributed by atoms with Crippen molar-refractivity contribution in [2.45, 2.75) is 36.5 Å². The maximum atomic E-state index is 13.8. The molecule has 5 nitrogen and oxygen atoms in total. The Bertz CT molecular complexity index is 1410. The van der Waals surface area contributed by atoms with Crippen LogP contribution in [0, 0.1) is 43.4 Å². The summed E-state index contributed by atoms with van der Waals surface area (Å²) in [5, 5.41) is 1.18. The van der Waals surface area contributed by atoms with Crippen LogP contribution in [0.15, 0.2) is 58.4 Å². The molecule has 2 aromatic carbocycles. The largest absolute Gasteiger partial charge is 0.307 e. The van der Waals surface area contributed by atoms with E-state index in [2.05, 4.69) is 30.1 Å². The second-order valence-corrected chi connectivity index (χ2v) is 12.4. The molecular weight excluding hydrogens is 464 g/mol. The van der Waals surface area contributed by atoms with Crippen molar-refractivity contribution >= 4 is 40.6 Å². The smallest absolute Gasteiger partial charge is 0.305 e. The summed E-state index contributed by atoms with van der Waals surface area (Å²) in [5.74, 6) is 0.0363. The van der Waals surface area contributed by atoms with Crippen molar-refractivity contribution in [2.24, 2.45) is 29.6 Å². The highest BCUT2D eigenvalue weighted by molar-refractivity contribution is 8.00. The summed E-state index contributed by atoms with van der Waals surface area (Å²) < 4.78 is 0. The molecule has 0 radical (unpaired) electrons. The monoisotopic (exact) mass is 488 g/mol. The molecule has 7 atom stereocenters. The number of nitrogens with one attached hydrogen (secondary N) is 1. The van der Waals surface area contributed by atoms with E-state index in [1.54, 1.807) is 11.8 Å². The third kappa shape index (κ3) is 2.65. The first kappa shape index (κ1) is 20.7. The molecule has 3 aromatic rings. The number of aromatic amines is 1. The van der Waals surface area contributed by atoms with Crippen LogP contribution >= 0.6 is 23.1 Å². The van der Waals surface area contributed by atoms with Crippen LogP contribution in [0.5, 0.6) is 0 Å². The molecule has 2 bridgehead atoms. The van der Waals surface area contributed by atoms with Crippen LogP contribution in [-0.2, 0) is 9.59 Å². The summed E-state index contributed by atoms with van der Waals surface area (Å²) in [6.45, 7) is 4.13. The van der Waals surface area contributed by atoms with E-state index in [1.165, 1.54) is 27.4 Å². The van der Waals surface area contributed by atoms with Crippen molar-refractivity contribution in [3.63, 3.8) is 0 Å². The van der Waals surface area contributed by atoms with Crippen molar-refractivity contribution in [1.82, 2.24) is 4.98 Å². The van der Waals surface area contributed by atoms with Gasteiger partial charge >= 0.3 is 4.87 Å². The summed E-state index contributed by atoms with van der Waals surface area (Å²) in [4.78, 5) is 45.4. The molecule has 2 aliphatic carbocycles. The molecule has 0 spiro atoms. The number of thiazole rings is 1. The van der Waals surface area contributed by atoms with Crippen LogP contribution in [-0.4, -0.2) is 22.0 Å². The third-order valence-electron chi connectivity index (χ3n) is 8.54. The number of H-pyrrole nitrogens is 1. The van der Waals surface area contributed by atoms with E-state index in [0.29, 0.717) is 5.69 Å². The number of benzene rings is 2. The highest BCUT2D eigenvalue weighted by atomic mass is 32.2. The van der Waals surface area contributed by atoms with Crippen LogP contribution in [0.1, 0.15) is 33.9 Å². The summed E-state index contributed by atoms with van der Waals surface area (Å²) in [5.41, 5.74) is 4.24. The number of rotatable bonds is 2. The molecule has 3 fully saturated rings. The number of nitrogens with zero attached hydrogens (tertiary/aromatic N) is 1. The van der Waals surface area contributed by atoms with E-state index in [9.17, 15) is 14.4 Å². The van der Waals surface area contributed by atoms with Gasteiger partial charge in [0, 0.05) is 16.0 Å². The van der Waals surface area contributed by atoms with Crippen LogP contribution in [0.2, 0.25) is 0 Å². The average molecular weight is 489 g/mol. The number of amides is 2. The van der Waals surface area contributed by atoms with Gasteiger partial charge in [0.25, 0.3) is 0 Å². The van der Waals surface area contributed by atoms with E-state index in [4.69, 9.17) is 0 Å². The predicted molar refractivity (Wildman–Crippen MR) is 133 cm³/mol. The van der Waals surface area contributed by atoms with Crippen molar-refractivity contribution in [3.05, 3.63) is 79.8 Å². The van der Waals surface area contributed by atoms with Crippen molar-refractivity contribution in [3.8, 4) is 0 Å². The maximum Gasteiger partial charge on any atom is 0.305 e. The lowest BCUT2D eigenvalue weighted by Gasteiger charge is -2.43. The Morgan fingerprint density at radius 2 is 1.62 bits per heavy atom. The molecule has 7 heteroatoms. The number of carbonyl (C=O) groups excluding carboxylic acids is 2. The van der Waals surface area contributed by atoms with E-state index in [1.807, 2.05) is 37.3 Å². The fourth-order valence-corrected chi connectivity index (χ4v) is 10.1. The minimum absolute atomic E-state index is 0.0266. The quantitative estimate of drug-likeness (QED) is 0.530. The number of imide groups is 1. The molecule has 7 rings (SSSR count). The van der Waals surface area contributed by atoms with E-state index >= 15 is 0 Å². The first-order chi connectivity index (χ1) is 16.4. The highest BCUT2D eigenvalue weighted by Crippen LogP contribution is 2.68. The Morgan fingerprint density at radius 1 is 0.912 bits per heavy atom. The fourth-order valence-electron chi connectivity index (χ4n) is 7.25. The number of hydrogen-bond acceptors (Lipinski definition) is 5. The molecule has 172 valence electrons. The van der Waals surface area contributed by atoms with Crippen LogP contribution in [0.25, 0.3) is 0 Å². The lowest BCUT2D eigenvalue weighted by atomic mass is 9.67. The summed E-state index contributed by atoms with van der Waals surface area (Å²) >= 11 is 3.05. The molecule has 0 unspecified atom stereocenters. The zero-order chi connectivity index (χ0) is 23.3. The number of aryl methyl sites for hydroxylation is 2. The summed E-state index contributed by atoms with van der Waals surface area (Å²) in [6, 6.07) is 16.1. The molecule has 1 aromatic heterocycles. The Morgan fingerprint density at radius 3 is 2.35 bits per heavy atom. The molecule has 3 heterocycles. The minimum atomic E-state index is -0.260. The van der Waals surface area contributed by atoms with Gasteiger partial charge in [0.05, 0.1) is 22.5 Å². The number of fused-ring (bicyclic) bond motifs is 9. The minimum Gasteiger partial charge on any atom is -0.307 e. The second kappa shape index (κ2) is 7.18. The molecule has 1 saturated heterocycles. The van der Waals surface area contributed by atoms with Gasteiger partial charge in [-0.3, -0.25) is 19.3 Å². The number of hydrogen-bond donors (Lipinski definition) is 1. The number of carbonyl (C=O) groups is 2. The van der Waals surface area contributed by atoms with E-state index in [-0.39, 0.29) is 57.4 Å². The SMILES string of the molecule is Cc1ccc(N2C(=O)[C@@H]3[C@H]4C[C@@H]([C@H]3C2=O)[C@H]2[C@@H](c3ccccc3C)c3sc(=O)[nH]c3S[C@H]42)cc1. The molecular formula is C27H24N2O3S2. The molecule has 1 N–H and O–H groups in total. The molecule has 4 aliphatic rings. The zero-order valence-electron chi connectivity index (χ0n) is 18.9. The Kier molecular flexibility index (Phi) is 4.38. The van der Waals surface area contributed by atoms with Gasteiger partial charge in [-0.25, -0.2) is 0 Å². The van der Waals surface area contributed by atoms with Crippen molar-refractivity contribution in [1.29, 1.82) is 0 Å². The lowest BCUT2D eigenvalue weighted by molar-refractivity contribution is -0.123. The fraction of sp³-hybridized carbons (Fsp3) is 0.370. The van der Waals surface area contributed by atoms with Crippen LogP contribution in [0.3, 0.4) is 0 Å². The Hall–Kier alpha value is -2.64. The van der Waals surface area contributed by atoms with Gasteiger partial charge in [0.15, 0.2) is 0 Å². The average Bonchev–Trinajstić information content (AvgIpc) is 3.54. The first-order valence-electron chi connectivity index (χ1n) is 11.8. The second-order valence-electron chi connectivity index (χ2n) is 10.2. The van der Waals surface area contributed by atoms with Crippen molar-refractivity contribution in [2.75, 3.05) is 4.90 Å². The number of thioether (sulfide) groups is 1. The number of aromatic nitrogens is 1. The van der Waals surface area contributed by atoms with Gasteiger partial charge in [-0.05, 0) is 61.3 Å². The maximum absolute atomic E-state index is 13.8.